The van der Waals surface area contributed by atoms with Gasteiger partial charge in [-0.05, 0) is 36.6 Å². The highest BCUT2D eigenvalue weighted by Crippen LogP contribution is 2.28. The molecule has 0 radical (unpaired) electrons. The number of aryl methyl sites for hydroxylation is 1. The highest BCUT2D eigenvalue weighted by Gasteiger charge is 2.30. The molecular weight excluding hydrogens is 407 g/mol. The fraction of sp³-hybridized carbons (Fsp3) is 0.385. The van der Waals surface area contributed by atoms with Crippen molar-refractivity contribution in [3.05, 3.63) is 71.2 Å². The van der Waals surface area contributed by atoms with E-state index in [0.29, 0.717) is 19.6 Å². The second-order valence-electron chi connectivity index (χ2n) is 8.53. The smallest absolute Gasteiger partial charge is 0.227 e. The van der Waals surface area contributed by atoms with Gasteiger partial charge in [-0.2, -0.15) is 0 Å². The van der Waals surface area contributed by atoms with Crippen LogP contribution in [0.15, 0.2) is 52.9 Å². The predicted molar refractivity (Wildman–Crippen MR) is 121 cm³/mol. The Morgan fingerprint density at radius 3 is 2.66 bits per heavy atom. The van der Waals surface area contributed by atoms with Crippen molar-refractivity contribution in [2.45, 2.75) is 39.2 Å². The fourth-order valence-electron chi connectivity index (χ4n) is 4.53. The van der Waals surface area contributed by atoms with Gasteiger partial charge in [0.1, 0.15) is 17.2 Å². The Balaban J connectivity index is 1.41. The minimum absolute atomic E-state index is 0.0224. The lowest BCUT2D eigenvalue weighted by Gasteiger charge is -2.34. The number of hydrogen-bond donors (Lipinski definition) is 0. The summed E-state index contributed by atoms with van der Waals surface area (Å²) >= 11 is 0. The summed E-state index contributed by atoms with van der Waals surface area (Å²) < 4.78 is 19.1. The van der Waals surface area contributed by atoms with Crippen LogP contribution in [0.3, 0.4) is 0 Å². The zero-order valence-electron chi connectivity index (χ0n) is 18.6. The molecule has 2 heterocycles. The molecule has 1 atom stereocenters. The number of fused-ring (bicyclic) bond motifs is 1. The van der Waals surface area contributed by atoms with Crippen LogP contribution in [0.25, 0.3) is 11.0 Å². The monoisotopic (exact) mass is 436 g/mol. The first-order chi connectivity index (χ1) is 15.5. The topological polar surface area (TPSA) is 53.8 Å². The van der Waals surface area contributed by atoms with E-state index in [-0.39, 0.29) is 30.0 Å². The van der Waals surface area contributed by atoms with Crippen LogP contribution < -0.4 is 0 Å². The van der Waals surface area contributed by atoms with Crippen molar-refractivity contribution in [1.29, 1.82) is 0 Å². The molecule has 0 aliphatic carbocycles. The number of halogens is 1. The number of piperidine rings is 1. The maximum atomic E-state index is 13.2. The molecule has 0 saturated carbocycles. The normalized spacial score (nSPS) is 16.3. The molecule has 1 aliphatic heterocycles. The summed E-state index contributed by atoms with van der Waals surface area (Å²) in [5, 5.41) is 1.05. The van der Waals surface area contributed by atoms with Crippen LogP contribution >= 0.6 is 0 Å². The summed E-state index contributed by atoms with van der Waals surface area (Å²) in [5.41, 5.74) is 2.68. The second kappa shape index (κ2) is 9.55. The molecular formula is C26H29FN2O3. The van der Waals surface area contributed by atoms with E-state index < -0.39 is 0 Å². The first kappa shape index (κ1) is 22.1. The number of hydrogen-bond acceptors (Lipinski definition) is 3. The molecule has 0 spiro atoms. The van der Waals surface area contributed by atoms with Gasteiger partial charge in [-0.1, -0.05) is 37.3 Å². The highest BCUT2D eigenvalue weighted by atomic mass is 19.1. The molecule has 32 heavy (non-hydrogen) atoms. The van der Waals surface area contributed by atoms with Crippen LogP contribution in [0.1, 0.15) is 36.7 Å². The molecule has 2 amide bonds. The van der Waals surface area contributed by atoms with E-state index in [1.807, 2.05) is 31.3 Å². The van der Waals surface area contributed by atoms with Gasteiger partial charge in [0.2, 0.25) is 11.8 Å². The average molecular weight is 437 g/mol. The van der Waals surface area contributed by atoms with Gasteiger partial charge < -0.3 is 14.2 Å². The molecule has 2 aromatic carbocycles. The summed E-state index contributed by atoms with van der Waals surface area (Å²) in [6.45, 7) is 3.61. The van der Waals surface area contributed by atoms with Crippen LogP contribution in [-0.2, 0) is 29.0 Å². The zero-order valence-corrected chi connectivity index (χ0v) is 18.6. The lowest BCUT2D eigenvalue weighted by atomic mass is 9.95. The van der Waals surface area contributed by atoms with Crippen LogP contribution in [0.2, 0.25) is 0 Å². The quantitative estimate of drug-likeness (QED) is 0.569. The van der Waals surface area contributed by atoms with Crippen LogP contribution in [-0.4, -0.2) is 41.8 Å². The van der Waals surface area contributed by atoms with E-state index in [0.717, 1.165) is 47.1 Å². The van der Waals surface area contributed by atoms with E-state index in [9.17, 15) is 14.0 Å². The molecule has 1 saturated heterocycles. The second-order valence-corrected chi connectivity index (χ2v) is 8.53. The summed E-state index contributed by atoms with van der Waals surface area (Å²) in [6, 6.07) is 13.9. The van der Waals surface area contributed by atoms with E-state index in [1.165, 1.54) is 12.1 Å². The van der Waals surface area contributed by atoms with Gasteiger partial charge >= 0.3 is 0 Å². The molecule has 0 N–H and O–H groups in total. The van der Waals surface area contributed by atoms with Gasteiger partial charge in [0.05, 0.1) is 12.3 Å². The maximum Gasteiger partial charge on any atom is 0.227 e. The molecule has 1 aromatic heterocycles. The number of likely N-dealkylation sites (tertiary alicyclic amines) is 1. The van der Waals surface area contributed by atoms with Crippen LogP contribution in [0.5, 0.6) is 0 Å². The van der Waals surface area contributed by atoms with Crippen molar-refractivity contribution in [3.63, 3.8) is 0 Å². The number of carbonyl (C=O) groups excluding carboxylic acids is 2. The first-order valence-electron chi connectivity index (χ1n) is 11.2. The third-order valence-corrected chi connectivity index (χ3v) is 6.27. The standard InChI is InChI=1S/C26H29FN2O3/c1-3-23-22(21-8-4-5-9-24(21)32-23)17-28(2)26(31)19-7-6-14-29(16-19)25(30)15-18-10-12-20(27)13-11-18/h4-5,8-13,19H,3,6-7,14-17H2,1-2H3. The Morgan fingerprint density at radius 1 is 1.16 bits per heavy atom. The van der Waals surface area contributed by atoms with Crippen molar-refractivity contribution in [2.24, 2.45) is 5.92 Å². The number of rotatable bonds is 6. The summed E-state index contributed by atoms with van der Waals surface area (Å²) in [7, 11) is 1.82. The molecule has 168 valence electrons. The maximum absolute atomic E-state index is 13.2. The van der Waals surface area contributed by atoms with Gasteiger partial charge in [-0.15, -0.1) is 0 Å². The minimum Gasteiger partial charge on any atom is -0.461 e. The number of benzene rings is 2. The molecule has 4 rings (SSSR count). The fourth-order valence-corrected chi connectivity index (χ4v) is 4.53. The molecule has 1 unspecified atom stereocenters. The van der Waals surface area contributed by atoms with E-state index in [2.05, 4.69) is 6.92 Å². The molecule has 1 aliphatic rings. The van der Waals surface area contributed by atoms with Gasteiger partial charge in [0.25, 0.3) is 0 Å². The lowest BCUT2D eigenvalue weighted by molar-refractivity contribution is -0.140. The van der Waals surface area contributed by atoms with Crippen LogP contribution in [0, 0.1) is 11.7 Å². The van der Waals surface area contributed by atoms with E-state index in [1.54, 1.807) is 21.9 Å². The van der Waals surface area contributed by atoms with Crippen LogP contribution in [0.4, 0.5) is 4.39 Å². The summed E-state index contributed by atoms with van der Waals surface area (Å²) in [6.07, 6.45) is 2.56. The van der Waals surface area contributed by atoms with Crippen molar-refractivity contribution in [2.75, 3.05) is 20.1 Å². The highest BCUT2D eigenvalue weighted by molar-refractivity contribution is 5.85. The van der Waals surface area contributed by atoms with Gasteiger partial charge in [-0.25, -0.2) is 4.39 Å². The number of nitrogens with zero attached hydrogens (tertiary/aromatic N) is 2. The third-order valence-electron chi connectivity index (χ3n) is 6.27. The molecule has 3 aromatic rings. The van der Waals surface area contributed by atoms with Crippen molar-refractivity contribution < 1.29 is 18.4 Å². The Kier molecular flexibility index (Phi) is 6.58. The van der Waals surface area contributed by atoms with E-state index >= 15 is 0 Å². The number of para-hydroxylation sites is 1. The minimum atomic E-state index is -0.315. The summed E-state index contributed by atoms with van der Waals surface area (Å²) in [5.74, 6) is 0.409. The van der Waals surface area contributed by atoms with Gasteiger partial charge in [-0.3, -0.25) is 9.59 Å². The zero-order chi connectivity index (χ0) is 22.7. The number of furan rings is 1. The molecule has 5 nitrogen and oxygen atoms in total. The molecule has 0 bridgehead atoms. The number of carbonyl (C=O) groups is 2. The van der Waals surface area contributed by atoms with Gasteiger partial charge in [0, 0.05) is 44.1 Å². The van der Waals surface area contributed by atoms with E-state index in [4.69, 9.17) is 4.42 Å². The third kappa shape index (κ3) is 4.69. The SMILES string of the molecule is CCc1oc2ccccc2c1CN(C)C(=O)C1CCCN(C(=O)Cc2ccc(F)cc2)C1. The van der Waals surface area contributed by atoms with Crippen molar-refractivity contribution in [1.82, 2.24) is 9.80 Å². The van der Waals surface area contributed by atoms with Crippen molar-refractivity contribution in [3.8, 4) is 0 Å². The molecule has 6 heteroatoms. The summed E-state index contributed by atoms with van der Waals surface area (Å²) in [4.78, 5) is 29.5. The Morgan fingerprint density at radius 2 is 1.91 bits per heavy atom. The number of amides is 2. The molecule has 1 fully saturated rings. The first-order valence-corrected chi connectivity index (χ1v) is 11.2. The largest absolute Gasteiger partial charge is 0.461 e. The average Bonchev–Trinajstić information content (AvgIpc) is 3.17. The predicted octanol–water partition coefficient (Wildman–Crippen LogP) is 4.57. The Hall–Kier alpha value is -3.15. The van der Waals surface area contributed by atoms with Crippen molar-refractivity contribution >= 4 is 22.8 Å². The Labute approximate surface area is 187 Å². The lowest BCUT2D eigenvalue weighted by Crippen LogP contribution is -2.46. The Bertz CT molecular complexity index is 1110. The van der Waals surface area contributed by atoms with Gasteiger partial charge in [0.15, 0.2) is 0 Å².